The number of hydrogen-bond acceptors (Lipinski definition) is 3. The molecule has 4 nitrogen and oxygen atoms in total. The summed E-state index contributed by atoms with van der Waals surface area (Å²) in [5, 5.41) is 8.71. The molecule has 4 heteroatoms. The van der Waals surface area contributed by atoms with E-state index >= 15 is 0 Å². The molecule has 16 heavy (non-hydrogen) atoms. The van der Waals surface area contributed by atoms with E-state index in [1.807, 2.05) is 6.92 Å². The minimum Gasteiger partial charge on any atom is -0.481 e. The highest BCUT2D eigenvalue weighted by atomic mass is 16.4. The fraction of sp³-hybridized carbons (Fsp3) is 0.833. The predicted octanol–water partition coefficient (Wildman–Crippen LogP) is 1.68. The Kier molecular flexibility index (Phi) is 4.93. The fourth-order valence-corrected chi connectivity index (χ4v) is 2.39. The molecule has 0 amide bonds. The zero-order valence-electron chi connectivity index (χ0n) is 10.1. The van der Waals surface area contributed by atoms with Crippen molar-refractivity contribution < 1.29 is 14.7 Å². The van der Waals surface area contributed by atoms with Crippen LogP contribution in [0, 0.1) is 0 Å². The lowest BCUT2D eigenvalue weighted by Gasteiger charge is -2.32. The van der Waals surface area contributed by atoms with Crippen LogP contribution in [0.25, 0.3) is 0 Å². The number of nitrogens with zero attached hydrogens (tertiary/aromatic N) is 1. The molecular formula is C12H21NO3. The summed E-state index contributed by atoms with van der Waals surface area (Å²) < 4.78 is 0. The molecule has 1 N–H and O–H groups in total. The van der Waals surface area contributed by atoms with Gasteiger partial charge in [-0.2, -0.15) is 0 Å². The second-order valence-electron chi connectivity index (χ2n) is 4.61. The Balaban J connectivity index is 2.59. The summed E-state index contributed by atoms with van der Waals surface area (Å²) >= 11 is 0. The summed E-state index contributed by atoms with van der Waals surface area (Å²) in [6, 6.07) is 0.251. The molecule has 1 aliphatic rings. The van der Waals surface area contributed by atoms with Crippen molar-refractivity contribution in [3.8, 4) is 0 Å². The van der Waals surface area contributed by atoms with Gasteiger partial charge in [0.05, 0.1) is 12.5 Å². The number of ketones is 1. The summed E-state index contributed by atoms with van der Waals surface area (Å²) in [5.74, 6) is -0.670. The molecule has 0 aromatic heterocycles. The van der Waals surface area contributed by atoms with Gasteiger partial charge in [-0.3, -0.25) is 14.5 Å². The SMILES string of the molecule is CC(=O)C(C)N(CCC(=O)O)C1CCCC1. The van der Waals surface area contributed by atoms with Gasteiger partial charge in [-0.1, -0.05) is 12.8 Å². The summed E-state index contributed by atoms with van der Waals surface area (Å²) in [5.41, 5.74) is 0. The van der Waals surface area contributed by atoms with Gasteiger partial charge < -0.3 is 5.11 Å². The average molecular weight is 227 g/mol. The molecule has 0 aromatic carbocycles. The van der Waals surface area contributed by atoms with Gasteiger partial charge >= 0.3 is 5.97 Å². The summed E-state index contributed by atoms with van der Waals surface area (Å²) in [6.07, 6.45) is 4.69. The van der Waals surface area contributed by atoms with Crippen molar-refractivity contribution in [2.75, 3.05) is 6.54 Å². The van der Waals surface area contributed by atoms with Crippen LogP contribution >= 0.6 is 0 Å². The van der Waals surface area contributed by atoms with Gasteiger partial charge in [-0.25, -0.2) is 0 Å². The third-order valence-electron chi connectivity index (χ3n) is 3.46. The number of hydrogen-bond donors (Lipinski definition) is 1. The summed E-state index contributed by atoms with van der Waals surface area (Å²) in [6.45, 7) is 3.94. The lowest BCUT2D eigenvalue weighted by Crippen LogP contribution is -2.45. The van der Waals surface area contributed by atoms with Gasteiger partial charge in [0.2, 0.25) is 0 Å². The monoisotopic (exact) mass is 227 g/mol. The van der Waals surface area contributed by atoms with Crippen molar-refractivity contribution in [2.24, 2.45) is 0 Å². The van der Waals surface area contributed by atoms with Gasteiger partial charge in [-0.05, 0) is 26.7 Å². The molecule has 0 radical (unpaired) electrons. The van der Waals surface area contributed by atoms with Crippen molar-refractivity contribution in [1.82, 2.24) is 4.90 Å². The molecular weight excluding hydrogens is 206 g/mol. The molecule has 1 aliphatic carbocycles. The van der Waals surface area contributed by atoms with E-state index in [4.69, 9.17) is 5.11 Å². The van der Waals surface area contributed by atoms with E-state index in [1.54, 1.807) is 6.92 Å². The number of Topliss-reactive ketones (excluding diaryl/α,β-unsaturated/α-hetero) is 1. The standard InChI is InChI=1S/C12H21NO3/c1-9(10(2)14)13(8-7-12(15)16)11-5-3-4-6-11/h9,11H,3-8H2,1-2H3,(H,15,16). The zero-order chi connectivity index (χ0) is 12.1. The number of carboxylic acid groups (broad SMARTS) is 1. The minimum atomic E-state index is -0.793. The second kappa shape index (κ2) is 5.99. The van der Waals surface area contributed by atoms with Crippen LogP contribution in [-0.4, -0.2) is 40.4 Å². The first-order chi connectivity index (χ1) is 7.52. The molecule has 0 saturated heterocycles. The van der Waals surface area contributed by atoms with E-state index in [0.29, 0.717) is 12.6 Å². The van der Waals surface area contributed by atoms with Crippen LogP contribution in [0.1, 0.15) is 46.0 Å². The van der Waals surface area contributed by atoms with Crippen LogP contribution in [0.2, 0.25) is 0 Å². The van der Waals surface area contributed by atoms with Gasteiger partial charge in [0.1, 0.15) is 5.78 Å². The molecule has 0 spiro atoms. The highest BCUT2D eigenvalue weighted by Crippen LogP contribution is 2.25. The first-order valence-corrected chi connectivity index (χ1v) is 6.00. The van der Waals surface area contributed by atoms with Crippen LogP contribution in [-0.2, 0) is 9.59 Å². The Hall–Kier alpha value is -0.900. The molecule has 1 rings (SSSR count). The number of rotatable bonds is 6. The third-order valence-corrected chi connectivity index (χ3v) is 3.46. The van der Waals surface area contributed by atoms with E-state index in [1.165, 1.54) is 12.8 Å². The lowest BCUT2D eigenvalue weighted by atomic mass is 10.1. The van der Waals surface area contributed by atoms with Crippen LogP contribution in [0.5, 0.6) is 0 Å². The Bertz CT molecular complexity index is 259. The van der Waals surface area contributed by atoms with Gasteiger partial charge in [0.15, 0.2) is 0 Å². The molecule has 92 valence electrons. The van der Waals surface area contributed by atoms with E-state index in [-0.39, 0.29) is 18.2 Å². The third kappa shape index (κ3) is 3.59. The Morgan fingerprint density at radius 3 is 2.38 bits per heavy atom. The van der Waals surface area contributed by atoms with E-state index < -0.39 is 5.97 Å². The molecule has 1 atom stereocenters. The summed E-state index contributed by atoms with van der Waals surface area (Å²) in [4.78, 5) is 24.1. The highest BCUT2D eigenvalue weighted by Gasteiger charge is 2.28. The van der Waals surface area contributed by atoms with Gasteiger partial charge in [0.25, 0.3) is 0 Å². The number of carboxylic acids is 1. The van der Waals surface area contributed by atoms with E-state index in [9.17, 15) is 9.59 Å². The molecule has 1 saturated carbocycles. The maximum Gasteiger partial charge on any atom is 0.304 e. The number of carbonyl (C=O) groups excluding carboxylic acids is 1. The Morgan fingerprint density at radius 2 is 1.94 bits per heavy atom. The minimum absolute atomic E-state index is 0.119. The number of aliphatic carboxylic acids is 1. The Morgan fingerprint density at radius 1 is 1.38 bits per heavy atom. The second-order valence-corrected chi connectivity index (χ2v) is 4.61. The Labute approximate surface area is 96.6 Å². The largest absolute Gasteiger partial charge is 0.481 e. The first kappa shape index (κ1) is 13.2. The van der Waals surface area contributed by atoms with Crippen LogP contribution < -0.4 is 0 Å². The van der Waals surface area contributed by atoms with Crippen LogP contribution in [0.4, 0.5) is 0 Å². The molecule has 0 aromatic rings. The van der Waals surface area contributed by atoms with Crippen molar-refractivity contribution in [3.63, 3.8) is 0 Å². The maximum absolute atomic E-state index is 11.4. The molecule has 0 bridgehead atoms. The average Bonchev–Trinajstić information content (AvgIpc) is 2.70. The molecule has 1 fully saturated rings. The topological polar surface area (TPSA) is 57.6 Å². The maximum atomic E-state index is 11.4. The summed E-state index contributed by atoms with van der Waals surface area (Å²) in [7, 11) is 0. The quantitative estimate of drug-likeness (QED) is 0.750. The fourth-order valence-electron chi connectivity index (χ4n) is 2.39. The normalized spacial score (nSPS) is 18.9. The lowest BCUT2D eigenvalue weighted by molar-refractivity contribution is -0.138. The van der Waals surface area contributed by atoms with E-state index in [2.05, 4.69) is 4.90 Å². The first-order valence-electron chi connectivity index (χ1n) is 6.00. The van der Waals surface area contributed by atoms with Crippen molar-refractivity contribution in [1.29, 1.82) is 0 Å². The predicted molar refractivity (Wildman–Crippen MR) is 61.4 cm³/mol. The zero-order valence-corrected chi connectivity index (χ0v) is 10.1. The van der Waals surface area contributed by atoms with E-state index in [0.717, 1.165) is 12.8 Å². The van der Waals surface area contributed by atoms with Crippen LogP contribution in [0.15, 0.2) is 0 Å². The van der Waals surface area contributed by atoms with Crippen LogP contribution in [0.3, 0.4) is 0 Å². The van der Waals surface area contributed by atoms with Gasteiger partial charge in [-0.15, -0.1) is 0 Å². The molecule has 0 aliphatic heterocycles. The van der Waals surface area contributed by atoms with Crippen molar-refractivity contribution >= 4 is 11.8 Å². The highest BCUT2D eigenvalue weighted by molar-refractivity contribution is 5.81. The smallest absolute Gasteiger partial charge is 0.304 e. The van der Waals surface area contributed by atoms with Crippen molar-refractivity contribution in [2.45, 2.75) is 58.0 Å². The number of carbonyl (C=O) groups is 2. The van der Waals surface area contributed by atoms with Gasteiger partial charge in [0, 0.05) is 12.6 Å². The molecule has 1 unspecified atom stereocenters. The van der Waals surface area contributed by atoms with Crippen molar-refractivity contribution in [3.05, 3.63) is 0 Å². The molecule has 0 heterocycles.